The second-order valence-corrected chi connectivity index (χ2v) is 8.51. The summed E-state index contributed by atoms with van der Waals surface area (Å²) in [4.78, 5) is 32.6. The molecule has 1 saturated heterocycles. The van der Waals surface area contributed by atoms with Gasteiger partial charge in [0.1, 0.15) is 15.8 Å². The van der Waals surface area contributed by atoms with E-state index in [1.165, 1.54) is 16.2 Å². The van der Waals surface area contributed by atoms with E-state index in [1.54, 1.807) is 23.2 Å². The molecule has 0 spiro atoms. The maximum absolute atomic E-state index is 13.3. The minimum Gasteiger partial charge on any atom is -0.394 e. The van der Waals surface area contributed by atoms with E-state index in [-0.39, 0.29) is 29.7 Å². The summed E-state index contributed by atoms with van der Waals surface area (Å²) in [6.45, 7) is 6.24. The fraction of sp³-hybridized carbons (Fsp3) is 0.400. The number of rotatable bonds is 7. The van der Waals surface area contributed by atoms with Gasteiger partial charge in [-0.05, 0) is 37.5 Å². The predicted octanol–water partition coefficient (Wildman–Crippen LogP) is 2.80. The van der Waals surface area contributed by atoms with E-state index in [4.69, 9.17) is 12.2 Å². The molecule has 0 unspecified atom stereocenters. The van der Waals surface area contributed by atoms with Crippen LogP contribution in [0.5, 0.6) is 0 Å². The quantitative estimate of drug-likeness (QED) is 0.514. The Labute approximate surface area is 178 Å². The van der Waals surface area contributed by atoms with E-state index in [9.17, 15) is 14.7 Å². The van der Waals surface area contributed by atoms with E-state index in [0.717, 1.165) is 12.0 Å². The first-order chi connectivity index (χ1) is 13.9. The Morgan fingerprint density at radius 2 is 2.14 bits per heavy atom. The molecule has 2 aromatic heterocycles. The van der Waals surface area contributed by atoms with Crippen LogP contribution in [0.3, 0.4) is 0 Å². The summed E-state index contributed by atoms with van der Waals surface area (Å²) in [6, 6.07) is 3.41. The number of thiocarbonyl (C=S) groups is 1. The number of aromatic nitrogens is 2. The SMILES string of the molecule is CCCN1C(=O)/C(=C/c2c(N[C@@H](CC)CO)nc3c(C)cccn3c2=O)SC1=S. The Hall–Kier alpha value is -2.23. The molecule has 0 radical (unpaired) electrons. The number of anilines is 1. The molecule has 2 aromatic rings. The van der Waals surface area contributed by atoms with Gasteiger partial charge in [0.15, 0.2) is 0 Å². The molecule has 2 N–H and O–H groups in total. The number of amides is 1. The van der Waals surface area contributed by atoms with Crippen molar-refractivity contribution in [2.24, 2.45) is 0 Å². The highest BCUT2D eigenvalue weighted by Gasteiger charge is 2.32. The smallest absolute Gasteiger partial charge is 0.267 e. The third kappa shape index (κ3) is 4.22. The molecule has 0 aromatic carbocycles. The number of thioether (sulfide) groups is 1. The van der Waals surface area contributed by atoms with E-state index < -0.39 is 0 Å². The fourth-order valence-corrected chi connectivity index (χ4v) is 4.36. The number of nitrogens with zero attached hydrogens (tertiary/aromatic N) is 3. The van der Waals surface area contributed by atoms with Crippen molar-refractivity contribution in [3.63, 3.8) is 0 Å². The number of hydrogen-bond acceptors (Lipinski definition) is 7. The summed E-state index contributed by atoms with van der Waals surface area (Å²) in [5.41, 5.74) is 1.38. The Morgan fingerprint density at radius 3 is 2.79 bits per heavy atom. The molecule has 0 aliphatic carbocycles. The van der Waals surface area contributed by atoms with Crippen LogP contribution < -0.4 is 10.9 Å². The van der Waals surface area contributed by atoms with E-state index in [0.29, 0.717) is 33.7 Å². The first-order valence-electron chi connectivity index (χ1n) is 9.55. The summed E-state index contributed by atoms with van der Waals surface area (Å²) in [7, 11) is 0. The van der Waals surface area contributed by atoms with Crippen LogP contribution in [-0.4, -0.2) is 48.8 Å². The van der Waals surface area contributed by atoms with Crippen molar-refractivity contribution < 1.29 is 9.90 Å². The van der Waals surface area contributed by atoms with E-state index >= 15 is 0 Å². The van der Waals surface area contributed by atoms with Gasteiger partial charge in [0.25, 0.3) is 11.5 Å². The molecule has 9 heteroatoms. The lowest BCUT2D eigenvalue weighted by Gasteiger charge is -2.17. The summed E-state index contributed by atoms with van der Waals surface area (Å²) in [6.07, 6.45) is 4.67. The fourth-order valence-electron chi connectivity index (χ4n) is 3.07. The van der Waals surface area contributed by atoms with Gasteiger partial charge >= 0.3 is 0 Å². The van der Waals surface area contributed by atoms with Gasteiger partial charge < -0.3 is 10.4 Å². The minimum absolute atomic E-state index is 0.0939. The number of fused-ring (bicyclic) bond motifs is 1. The number of carbonyl (C=O) groups is 1. The van der Waals surface area contributed by atoms with Gasteiger partial charge in [0.2, 0.25) is 0 Å². The summed E-state index contributed by atoms with van der Waals surface area (Å²) in [5, 5.41) is 12.8. The highest BCUT2D eigenvalue weighted by Crippen LogP contribution is 2.33. The summed E-state index contributed by atoms with van der Waals surface area (Å²) < 4.78 is 1.96. The molecule has 3 heterocycles. The predicted molar refractivity (Wildman–Crippen MR) is 121 cm³/mol. The number of aryl methyl sites for hydroxylation is 1. The van der Waals surface area contributed by atoms with Crippen molar-refractivity contribution >= 4 is 51.7 Å². The zero-order chi connectivity index (χ0) is 21.1. The zero-order valence-corrected chi connectivity index (χ0v) is 18.3. The lowest BCUT2D eigenvalue weighted by molar-refractivity contribution is -0.122. The third-order valence-electron chi connectivity index (χ3n) is 4.73. The Kier molecular flexibility index (Phi) is 6.71. The number of pyridine rings is 1. The molecular formula is C20H24N4O3S2. The molecule has 1 atom stereocenters. The van der Waals surface area contributed by atoms with Gasteiger partial charge in [-0.25, -0.2) is 4.98 Å². The van der Waals surface area contributed by atoms with Crippen LogP contribution in [0.15, 0.2) is 28.0 Å². The zero-order valence-electron chi connectivity index (χ0n) is 16.6. The van der Waals surface area contributed by atoms with Gasteiger partial charge in [0.05, 0.1) is 23.1 Å². The number of hydrogen-bond donors (Lipinski definition) is 2. The second kappa shape index (κ2) is 9.06. The van der Waals surface area contributed by atoms with Crippen LogP contribution in [0, 0.1) is 6.92 Å². The topological polar surface area (TPSA) is 86.9 Å². The highest BCUT2D eigenvalue weighted by molar-refractivity contribution is 8.26. The van der Waals surface area contributed by atoms with Crippen LogP contribution >= 0.6 is 24.0 Å². The van der Waals surface area contributed by atoms with Gasteiger partial charge in [-0.3, -0.25) is 18.9 Å². The number of nitrogens with one attached hydrogen (secondary N) is 1. The van der Waals surface area contributed by atoms with Crippen LogP contribution in [0.1, 0.15) is 37.8 Å². The maximum atomic E-state index is 13.3. The van der Waals surface area contributed by atoms with Crippen LogP contribution in [0.4, 0.5) is 5.82 Å². The Balaban J connectivity index is 2.17. The van der Waals surface area contributed by atoms with Crippen molar-refractivity contribution in [1.29, 1.82) is 0 Å². The normalized spacial score (nSPS) is 16.8. The second-order valence-electron chi connectivity index (χ2n) is 6.83. The molecule has 1 aliphatic heterocycles. The molecule has 7 nitrogen and oxygen atoms in total. The Bertz CT molecular complexity index is 1040. The maximum Gasteiger partial charge on any atom is 0.267 e. The van der Waals surface area contributed by atoms with E-state index in [2.05, 4.69) is 10.3 Å². The lowest BCUT2D eigenvalue weighted by Crippen LogP contribution is -2.29. The number of carbonyl (C=O) groups excluding carboxylic acids is 1. The molecule has 0 saturated carbocycles. The van der Waals surface area contributed by atoms with Crippen molar-refractivity contribution in [1.82, 2.24) is 14.3 Å². The highest BCUT2D eigenvalue weighted by atomic mass is 32.2. The first-order valence-corrected chi connectivity index (χ1v) is 10.8. The molecule has 0 bridgehead atoms. The molecule has 1 aliphatic rings. The van der Waals surface area contributed by atoms with Gasteiger partial charge in [-0.1, -0.05) is 43.9 Å². The Morgan fingerprint density at radius 1 is 1.38 bits per heavy atom. The first kappa shape index (κ1) is 21.5. The third-order valence-corrected chi connectivity index (χ3v) is 6.11. The summed E-state index contributed by atoms with van der Waals surface area (Å²) in [5.74, 6) is 0.154. The monoisotopic (exact) mass is 432 g/mol. The molecule has 1 amide bonds. The number of aliphatic hydroxyl groups is 1. The number of aliphatic hydroxyl groups excluding tert-OH is 1. The average molecular weight is 433 g/mol. The van der Waals surface area contributed by atoms with Crippen LogP contribution in [0.25, 0.3) is 11.7 Å². The molecule has 29 heavy (non-hydrogen) atoms. The molecule has 1 fully saturated rings. The standard InChI is InChI=1S/C20H24N4O3S2/c1-4-8-24-19(27)15(29-20(24)28)10-14-16(21-13(5-2)11-25)22-17-12(3)7-6-9-23(17)18(14)26/h6-7,9-10,13,21,25H,4-5,8,11H2,1-3H3/b15-10-/t13-/m0/s1. The van der Waals surface area contributed by atoms with Crippen molar-refractivity contribution in [2.45, 2.75) is 39.7 Å². The van der Waals surface area contributed by atoms with Crippen molar-refractivity contribution in [2.75, 3.05) is 18.5 Å². The summed E-state index contributed by atoms with van der Waals surface area (Å²) >= 11 is 6.51. The van der Waals surface area contributed by atoms with Crippen LogP contribution in [0.2, 0.25) is 0 Å². The van der Waals surface area contributed by atoms with Gasteiger partial charge in [0, 0.05) is 12.7 Å². The van der Waals surface area contributed by atoms with Crippen LogP contribution in [-0.2, 0) is 4.79 Å². The van der Waals surface area contributed by atoms with Crippen molar-refractivity contribution in [3.05, 3.63) is 44.7 Å². The van der Waals surface area contributed by atoms with Gasteiger partial charge in [-0.15, -0.1) is 0 Å². The van der Waals surface area contributed by atoms with E-state index in [1.807, 2.05) is 26.8 Å². The van der Waals surface area contributed by atoms with Crippen molar-refractivity contribution in [3.8, 4) is 0 Å². The molecular weight excluding hydrogens is 408 g/mol. The molecule has 154 valence electrons. The largest absolute Gasteiger partial charge is 0.394 e. The average Bonchev–Trinajstić information content (AvgIpc) is 2.97. The van der Waals surface area contributed by atoms with Gasteiger partial charge in [-0.2, -0.15) is 0 Å². The minimum atomic E-state index is -0.283. The lowest BCUT2D eigenvalue weighted by atomic mass is 10.2. The molecule has 3 rings (SSSR count).